The molecule has 1 aliphatic heterocycles. The minimum Gasteiger partial charge on any atom is -0.294 e. The van der Waals surface area contributed by atoms with Crippen molar-refractivity contribution in [2.45, 2.75) is 25.7 Å². The van der Waals surface area contributed by atoms with E-state index in [0.29, 0.717) is 6.54 Å². The minimum atomic E-state index is 0.142. The van der Waals surface area contributed by atoms with Gasteiger partial charge in [-0.3, -0.25) is 14.6 Å². The van der Waals surface area contributed by atoms with E-state index in [9.17, 15) is 4.79 Å². The van der Waals surface area contributed by atoms with Gasteiger partial charge in [0, 0.05) is 23.9 Å². The first-order valence-electron chi connectivity index (χ1n) is 9.70. The van der Waals surface area contributed by atoms with Gasteiger partial charge in [0.15, 0.2) is 5.13 Å². The Morgan fingerprint density at radius 3 is 2.81 bits per heavy atom. The van der Waals surface area contributed by atoms with Crippen LogP contribution in [-0.2, 0) is 11.2 Å². The summed E-state index contributed by atoms with van der Waals surface area (Å²) in [6, 6.07) is 12.9. The van der Waals surface area contributed by atoms with Crippen molar-refractivity contribution < 1.29 is 4.79 Å². The van der Waals surface area contributed by atoms with E-state index >= 15 is 0 Å². The van der Waals surface area contributed by atoms with Gasteiger partial charge in [-0.1, -0.05) is 42.8 Å². The average molecular weight is 378 g/mol. The third kappa shape index (κ3) is 2.95. The Morgan fingerprint density at radius 1 is 1.15 bits per heavy atom. The number of likely N-dealkylation sites (tertiary alicyclic amines) is 1. The smallest absolute Gasteiger partial charge is 0.242 e. The highest BCUT2D eigenvalue weighted by Crippen LogP contribution is 2.44. The van der Waals surface area contributed by atoms with Crippen LogP contribution in [0.25, 0.3) is 22.0 Å². The Hall–Kier alpha value is -2.24. The van der Waals surface area contributed by atoms with Crippen LogP contribution in [0.5, 0.6) is 0 Å². The summed E-state index contributed by atoms with van der Waals surface area (Å²) in [7, 11) is 1.86. The van der Waals surface area contributed by atoms with Gasteiger partial charge in [0.2, 0.25) is 5.91 Å². The number of piperidine rings is 1. The normalized spacial score (nSPS) is 16.3. The number of rotatable bonds is 3. The minimum absolute atomic E-state index is 0.142. The maximum Gasteiger partial charge on any atom is 0.242 e. The number of anilines is 1. The van der Waals surface area contributed by atoms with Crippen molar-refractivity contribution in [1.29, 1.82) is 0 Å². The molecule has 27 heavy (non-hydrogen) atoms. The van der Waals surface area contributed by atoms with Gasteiger partial charge in [-0.05, 0) is 42.3 Å². The average Bonchev–Trinajstić information content (AvgIpc) is 3.26. The molecule has 5 heteroatoms. The first kappa shape index (κ1) is 16.9. The van der Waals surface area contributed by atoms with Gasteiger partial charge in [-0.15, -0.1) is 11.3 Å². The zero-order valence-electron chi connectivity index (χ0n) is 15.6. The third-order valence-corrected chi connectivity index (χ3v) is 6.92. The van der Waals surface area contributed by atoms with Crippen molar-refractivity contribution in [3.05, 3.63) is 46.8 Å². The van der Waals surface area contributed by atoms with E-state index < -0.39 is 0 Å². The van der Waals surface area contributed by atoms with Crippen LogP contribution in [0.15, 0.2) is 36.4 Å². The Labute approximate surface area is 163 Å². The largest absolute Gasteiger partial charge is 0.294 e. The molecule has 2 aliphatic rings. The Balaban J connectivity index is 1.40. The molecule has 1 fully saturated rings. The maximum absolute atomic E-state index is 12.7. The second-order valence-corrected chi connectivity index (χ2v) is 8.61. The zero-order valence-corrected chi connectivity index (χ0v) is 16.4. The van der Waals surface area contributed by atoms with Crippen molar-refractivity contribution in [3.8, 4) is 11.3 Å². The summed E-state index contributed by atoms with van der Waals surface area (Å²) in [5.74, 6) is 0.142. The molecule has 5 rings (SSSR count). The Kier molecular flexibility index (Phi) is 4.21. The second-order valence-electron chi connectivity index (χ2n) is 7.55. The monoisotopic (exact) mass is 377 g/mol. The molecule has 2 heterocycles. The van der Waals surface area contributed by atoms with Crippen LogP contribution < -0.4 is 4.90 Å². The summed E-state index contributed by atoms with van der Waals surface area (Å²) in [5.41, 5.74) is 3.66. The second kappa shape index (κ2) is 6.73. The van der Waals surface area contributed by atoms with Crippen LogP contribution in [0.2, 0.25) is 0 Å². The Morgan fingerprint density at radius 2 is 1.96 bits per heavy atom. The molecule has 0 saturated carbocycles. The quantitative estimate of drug-likeness (QED) is 0.534. The molecule has 0 spiro atoms. The number of thiazole rings is 1. The molecule has 1 aromatic heterocycles. The molecule has 3 aromatic rings. The third-order valence-electron chi connectivity index (χ3n) is 5.79. The number of carbonyl (C=O) groups is 1. The highest BCUT2D eigenvalue weighted by molar-refractivity contribution is 7.16. The molecule has 0 N–H and O–H groups in total. The molecular formula is C22H23N3OS. The van der Waals surface area contributed by atoms with Crippen molar-refractivity contribution in [3.63, 3.8) is 0 Å². The molecule has 1 saturated heterocycles. The van der Waals surface area contributed by atoms with E-state index in [2.05, 4.69) is 41.3 Å². The van der Waals surface area contributed by atoms with Crippen LogP contribution in [0, 0.1) is 0 Å². The molecule has 2 aromatic carbocycles. The van der Waals surface area contributed by atoms with Gasteiger partial charge in [0.25, 0.3) is 0 Å². The molecule has 0 radical (unpaired) electrons. The van der Waals surface area contributed by atoms with Crippen LogP contribution in [0.1, 0.15) is 29.7 Å². The lowest BCUT2D eigenvalue weighted by molar-refractivity contribution is -0.119. The van der Waals surface area contributed by atoms with Gasteiger partial charge in [-0.25, -0.2) is 4.98 Å². The van der Waals surface area contributed by atoms with Gasteiger partial charge in [0.05, 0.1) is 12.2 Å². The van der Waals surface area contributed by atoms with E-state index in [1.807, 2.05) is 7.05 Å². The lowest BCUT2D eigenvalue weighted by atomic mass is 10.0. The number of benzene rings is 2. The number of fused-ring (bicyclic) bond motifs is 5. The number of amides is 1. The van der Waals surface area contributed by atoms with Gasteiger partial charge < -0.3 is 0 Å². The van der Waals surface area contributed by atoms with Gasteiger partial charge >= 0.3 is 0 Å². The fourth-order valence-electron chi connectivity index (χ4n) is 4.24. The lowest BCUT2D eigenvalue weighted by Crippen LogP contribution is -2.40. The SMILES string of the molecule is CN(C(=O)CN1CCCCC1)c1nc2c(s1)Cc1c-2ccc2ccccc12. The molecule has 1 aliphatic carbocycles. The van der Waals surface area contributed by atoms with E-state index in [0.717, 1.165) is 30.3 Å². The topological polar surface area (TPSA) is 36.4 Å². The van der Waals surface area contributed by atoms with Crippen molar-refractivity contribution in [1.82, 2.24) is 9.88 Å². The fraction of sp³-hybridized carbons (Fsp3) is 0.364. The van der Waals surface area contributed by atoms with Crippen LogP contribution in [0.4, 0.5) is 5.13 Å². The van der Waals surface area contributed by atoms with Crippen molar-refractivity contribution in [2.75, 3.05) is 31.6 Å². The van der Waals surface area contributed by atoms with E-state index in [4.69, 9.17) is 4.98 Å². The first-order valence-corrected chi connectivity index (χ1v) is 10.5. The van der Waals surface area contributed by atoms with E-state index in [-0.39, 0.29) is 5.91 Å². The number of likely N-dealkylation sites (N-methyl/N-ethyl adjacent to an activating group) is 1. The molecule has 0 bridgehead atoms. The number of hydrogen-bond acceptors (Lipinski definition) is 4. The van der Waals surface area contributed by atoms with Crippen LogP contribution in [0.3, 0.4) is 0 Å². The molecule has 138 valence electrons. The number of aromatic nitrogens is 1. The summed E-state index contributed by atoms with van der Waals surface area (Å²) >= 11 is 1.66. The zero-order chi connectivity index (χ0) is 18.4. The first-order chi connectivity index (χ1) is 13.2. The van der Waals surface area contributed by atoms with Crippen LogP contribution in [-0.4, -0.2) is 42.5 Å². The predicted molar refractivity (Wildman–Crippen MR) is 112 cm³/mol. The maximum atomic E-state index is 12.7. The van der Waals surface area contributed by atoms with Gasteiger partial charge in [-0.2, -0.15) is 0 Å². The van der Waals surface area contributed by atoms with Crippen LogP contribution >= 0.6 is 11.3 Å². The fourth-order valence-corrected chi connectivity index (χ4v) is 5.31. The number of nitrogens with zero attached hydrogens (tertiary/aromatic N) is 3. The molecular weight excluding hydrogens is 354 g/mol. The van der Waals surface area contributed by atoms with Crippen molar-refractivity contribution >= 4 is 33.1 Å². The molecule has 1 amide bonds. The summed E-state index contributed by atoms with van der Waals surface area (Å²) < 4.78 is 0. The molecule has 0 unspecified atom stereocenters. The molecule has 4 nitrogen and oxygen atoms in total. The summed E-state index contributed by atoms with van der Waals surface area (Å²) in [6.07, 6.45) is 4.60. The standard InChI is InChI=1S/C22H23N3OS/c1-24(20(26)14-25-11-5-2-6-12-25)22-23-21-17-10-9-15-7-3-4-8-16(15)18(17)13-19(21)27-22/h3-4,7-10H,2,5-6,11-14H2,1H3. The molecule has 0 atom stereocenters. The highest BCUT2D eigenvalue weighted by Gasteiger charge is 2.27. The summed E-state index contributed by atoms with van der Waals surface area (Å²) in [4.78, 5) is 22.9. The highest BCUT2D eigenvalue weighted by atomic mass is 32.1. The van der Waals surface area contributed by atoms with Crippen molar-refractivity contribution in [2.24, 2.45) is 0 Å². The van der Waals surface area contributed by atoms with Gasteiger partial charge in [0.1, 0.15) is 0 Å². The Bertz CT molecular complexity index is 1020. The van der Waals surface area contributed by atoms with E-state index in [1.165, 1.54) is 46.0 Å². The summed E-state index contributed by atoms with van der Waals surface area (Å²) in [5, 5.41) is 3.41. The van der Waals surface area contributed by atoms with E-state index in [1.54, 1.807) is 16.2 Å². The summed E-state index contributed by atoms with van der Waals surface area (Å²) in [6.45, 7) is 2.57. The lowest BCUT2D eigenvalue weighted by Gasteiger charge is -2.27. The number of carbonyl (C=O) groups excluding carboxylic acids is 1. The predicted octanol–water partition coefficient (Wildman–Crippen LogP) is 4.32. The number of hydrogen-bond donors (Lipinski definition) is 0.